The molecule has 2 atom stereocenters. The Morgan fingerprint density at radius 3 is 2.62 bits per heavy atom. The van der Waals surface area contributed by atoms with Gasteiger partial charge in [0.1, 0.15) is 11.6 Å². The fourth-order valence-electron chi connectivity index (χ4n) is 3.49. The number of likely N-dealkylation sites (N-methyl/N-ethyl adjacent to an activating group) is 1. The highest BCUT2D eigenvalue weighted by Crippen LogP contribution is 2.31. The number of benzene rings is 2. The summed E-state index contributed by atoms with van der Waals surface area (Å²) >= 11 is 0. The second kappa shape index (κ2) is 8.00. The molecule has 1 fully saturated rings. The number of carbonyl (C=O) groups is 1. The van der Waals surface area contributed by atoms with Crippen molar-refractivity contribution in [1.29, 1.82) is 0 Å². The van der Waals surface area contributed by atoms with Gasteiger partial charge in [-0.1, -0.05) is 5.16 Å². The van der Waals surface area contributed by atoms with Crippen LogP contribution in [0.3, 0.4) is 0 Å². The second-order valence-electron chi connectivity index (χ2n) is 7.05. The zero-order valence-electron chi connectivity index (χ0n) is 16.1. The smallest absolute Gasteiger partial charge is 0.251 e. The van der Waals surface area contributed by atoms with Gasteiger partial charge >= 0.3 is 0 Å². The van der Waals surface area contributed by atoms with E-state index in [0.29, 0.717) is 30.2 Å². The standard InChI is InChI=1S/C21H21FN4O3/c1-26-12-16(23-20(27)14-3-7-15(22)8-4-14)11-18(26)21-24-19(25-29-21)13-5-9-17(28-2)10-6-13/h3-10,16,18H,11-12H2,1-2H3,(H,23,27). The molecular formula is C21H21FN4O3. The monoisotopic (exact) mass is 396 g/mol. The molecule has 8 heteroatoms. The molecule has 7 nitrogen and oxygen atoms in total. The van der Waals surface area contributed by atoms with Crippen LogP contribution in [-0.2, 0) is 0 Å². The van der Waals surface area contributed by atoms with E-state index in [-0.39, 0.29) is 23.8 Å². The summed E-state index contributed by atoms with van der Waals surface area (Å²) in [5.41, 5.74) is 1.26. The summed E-state index contributed by atoms with van der Waals surface area (Å²) in [7, 11) is 3.56. The highest BCUT2D eigenvalue weighted by Gasteiger charge is 2.35. The van der Waals surface area contributed by atoms with Crippen LogP contribution in [-0.4, -0.2) is 47.7 Å². The van der Waals surface area contributed by atoms with Crippen molar-refractivity contribution in [2.24, 2.45) is 0 Å². The Kier molecular flexibility index (Phi) is 5.26. The SMILES string of the molecule is COc1ccc(-c2noc(C3CC(NC(=O)c4ccc(F)cc4)CN3C)n2)cc1. The number of methoxy groups -OCH3 is 1. The first-order chi connectivity index (χ1) is 14.0. The minimum absolute atomic E-state index is 0.0705. The van der Waals surface area contributed by atoms with E-state index in [1.54, 1.807) is 7.11 Å². The molecule has 1 saturated heterocycles. The number of aromatic nitrogens is 2. The topological polar surface area (TPSA) is 80.5 Å². The van der Waals surface area contributed by atoms with Crippen molar-refractivity contribution >= 4 is 5.91 Å². The predicted octanol–water partition coefficient (Wildman–Crippen LogP) is 3.06. The summed E-state index contributed by atoms with van der Waals surface area (Å²) in [6.45, 7) is 0.651. The molecule has 0 bridgehead atoms. The number of hydrogen-bond acceptors (Lipinski definition) is 6. The lowest BCUT2D eigenvalue weighted by atomic mass is 10.1. The molecule has 2 unspecified atom stereocenters. The Labute approximate surface area is 167 Å². The number of halogens is 1. The number of ether oxygens (including phenoxy) is 1. The third-order valence-corrected chi connectivity index (χ3v) is 5.06. The lowest BCUT2D eigenvalue weighted by molar-refractivity contribution is 0.0938. The zero-order chi connectivity index (χ0) is 20.4. The van der Waals surface area contributed by atoms with E-state index in [0.717, 1.165) is 11.3 Å². The molecule has 2 heterocycles. The number of hydrogen-bond donors (Lipinski definition) is 1. The van der Waals surface area contributed by atoms with Gasteiger partial charge in [-0.2, -0.15) is 4.98 Å². The van der Waals surface area contributed by atoms with Crippen LogP contribution in [0.2, 0.25) is 0 Å². The molecule has 1 aliphatic heterocycles. The Balaban J connectivity index is 1.42. The molecule has 4 rings (SSSR count). The predicted molar refractivity (Wildman–Crippen MR) is 104 cm³/mol. The summed E-state index contributed by atoms with van der Waals surface area (Å²) in [6.07, 6.45) is 0.647. The summed E-state index contributed by atoms with van der Waals surface area (Å²) < 4.78 is 23.7. The van der Waals surface area contributed by atoms with E-state index >= 15 is 0 Å². The van der Waals surface area contributed by atoms with Gasteiger partial charge in [-0.05, 0) is 62.0 Å². The van der Waals surface area contributed by atoms with E-state index < -0.39 is 0 Å². The first-order valence-corrected chi connectivity index (χ1v) is 9.28. The quantitative estimate of drug-likeness (QED) is 0.714. The zero-order valence-corrected chi connectivity index (χ0v) is 16.1. The number of carbonyl (C=O) groups excluding carboxylic acids is 1. The van der Waals surface area contributed by atoms with E-state index in [4.69, 9.17) is 9.26 Å². The van der Waals surface area contributed by atoms with Crippen LogP contribution in [0.1, 0.15) is 28.7 Å². The van der Waals surface area contributed by atoms with Crippen LogP contribution in [0.4, 0.5) is 4.39 Å². The fraction of sp³-hybridized carbons (Fsp3) is 0.286. The maximum atomic E-state index is 13.0. The Morgan fingerprint density at radius 2 is 1.93 bits per heavy atom. The number of likely N-dealkylation sites (tertiary alicyclic amines) is 1. The molecule has 1 amide bonds. The maximum Gasteiger partial charge on any atom is 0.251 e. The Morgan fingerprint density at radius 1 is 1.21 bits per heavy atom. The van der Waals surface area contributed by atoms with Crippen LogP contribution < -0.4 is 10.1 Å². The molecule has 29 heavy (non-hydrogen) atoms. The highest BCUT2D eigenvalue weighted by atomic mass is 19.1. The molecule has 1 aromatic heterocycles. The molecule has 1 aliphatic rings. The number of rotatable bonds is 5. The van der Waals surface area contributed by atoms with Gasteiger partial charge in [0.2, 0.25) is 11.7 Å². The van der Waals surface area contributed by atoms with Crippen molar-refractivity contribution in [1.82, 2.24) is 20.4 Å². The third kappa shape index (κ3) is 4.12. The first kappa shape index (κ1) is 19.1. The Bertz CT molecular complexity index is 988. The molecular weight excluding hydrogens is 375 g/mol. The van der Waals surface area contributed by atoms with Crippen LogP contribution in [0.5, 0.6) is 5.75 Å². The molecule has 2 aromatic carbocycles. The van der Waals surface area contributed by atoms with E-state index in [1.807, 2.05) is 31.3 Å². The molecule has 3 aromatic rings. The van der Waals surface area contributed by atoms with Gasteiger partial charge in [-0.3, -0.25) is 9.69 Å². The number of nitrogens with one attached hydrogen (secondary N) is 1. The molecule has 0 spiro atoms. The van der Waals surface area contributed by atoms with Crippen molar-refractivity contribution < 1.29 is 18.4 Å². The fourth-order valence-corrected chi connectivity index (χ4v) is 3.49. The van der Waals surface area contributed by atoms with Gasteiger partial charge < -0.3 is 14.6 Å². The number of nitrogens with zero attached hydrogens (tertiary/aromatic N) is 3. The minimum Gasteiger partial charge on any atom is -0.497 e. The third-order valence-electron chi connectivity index (χ3n) is 5.06. The second-order valence-corrected chi connectivity index (χ2v) is 7.05. The van der Waals surface area contributed by atoms with Gasteiger partial charge in [0.05, 0.1) is 13.2 Å². The molecule has 150 valence electrons. The van der Waals surface area contributed by atoms with Gasteiger partial charge in [-0.15, -0.1) is 0 Å². The van der Waals surface area contributed by atoms with Crippen molar-refractivity contribution in [2.45, 2.75) is 18.5 Å². The molecule has 1 N–H and O–H groups in total. The van der Waals surface area contributed by atoms with Crippen molar-refractivity contribution in [3.8, 4) is 17.1 Å². The lowest BCUT2D eigenvalue weighted by Gasteiger charge is -2.14. The summed E-state index contributed by atoms with van der Waals surface area (Å²) in [5.74, 6) is 1.18. The summed E-state index contributed by atoms with van der Waals surface area (Å²) in [6, 6.07) is 12.8. The van der Waals surface area contributed by atoms with Crippen LogP contribution in [0.25, 0.3) is 11.4 Å². The summed E-state index contributed by atoms with van der Waals surface area (Å²) in [4.78, 5) is 19.0. The average Bonchev–Trinajstić information content (AvgIpc) is 3.35. The van der Waals surface area contributed by atoms with Gasteiger partial charge in [0, 0.05) is 23.7 Å². The van der Waals surface area contributed by atoms with Crippen molar-refractivity contribution in [3.63, 3.8) is 0 Å². The van der Waals surface area contributed by atoms with Crippen molar-refractivity contribution in [3.05, 3.63) is 65.8 Å². The molecule has 0 saturated carbocycles. The van der Waals surface area contributed by atoms with E-state index in [9.17, 15) is 9.18 Å². The minimum atomic E-state index is -0.369. The maximum absolute atomic E-state index is 13.0. The normalized spacial score (nSPS) is 19.3. The van der Waals surface area contributed by atoms with E-state index in [2.05, 4.69) is 20.4 Å². The molecule has 0 aliphatic carbocycles. The van der Waals surface area contributed by atoms with E-state index in [1.165, 1.54) is 24.3 Å². The average molecular weight is 396 g/mol. The number of amides is 1. The largest absolute Gasteiger partial charge is 0.497 e. The van der Waals surface area contributed by atoms with Gasteiger partial charge in [0.15, 0.2) is 0 Å². The Hall–Kier alpha value is -3.26. The first-order valence-electron chi connectivity index (χ1n) is 9.28. The van der Waals surface area contributed by atoms with Gasteiger partial charge in [-0.25, -0.2) is 4.39 Å². The lowest BCUT2D eigenvalue weighted by Crippen LogP contribution is -2.36. The van der Waals surface area contributed by atoms with Crippen LogP contribution in [0.15, 0.2) is 53.1 Å². The van der Waals surface area contributed by atoms with Gasteiger partial charge in [0.25, 0.3) is 5.91 Å². The highest BCUT2D eigenvalue weighted by molar-refractivity contribution is 5.94. The van der Waals surface area contributed by atoms with Crippen LogP contribution in [0, 0.1) is 5.82 Å². The van der Waals surface area contributed by atoms with Crippen molar-refractivity contribution in [2.75, 3.05) is 20.7 Å². The molecule has 0 radical (unpaired) electrons. The summed E-state index contributed by atoms with van der Waals surface area (Å²) in [5, 5.41) is 7.08. The van der Waals surface area contributed by atoms with Crippen LogP contribution >= 0.6 is 0 Å².